The average Bonchev–Trinajstić information content (AvgIpc) is 2.42. The SMILES string of the molecule is CN1CCN(NC2CCc3cc(Br)ccc3C2)CC1. The first-order valence-corrected chi connectivity index (χ1v) is 7.97. The van der Waals surface area contributed by atoms with Gasteiger partial charge in [0.05, 0.1) is 0 Å². The van der Waals surface area contributed by atoms with Crippen LogP contribution in [0.3, 0.4) is 0 Å². The molecule has 1 aromatic rings. The number of aryl methyl sites for hydroxylation is 1. The van der Waals surface area contributed by atoms with E-state index in [0.717, 1.165) is 19.5 Å². The van der Waals surface area contributed by atoms with Crippen molar-refractivity contribution in [3.05, 3.63) is 33.8 Å². The first kappa shape index (κ1) is 13.6. The van der Waals surface area contributed by atoms with Gasteiger partial charge in [-0.05, 0) is 49.6 Å². The van der Waals surface area contributed by atoms with Crippen LogP contribution in [0.1, 0.15) is 17.5 Å². The molecule has 1 heterocycles. The molecule has 0 radical (unpaired) electrons. The van der Waals surface area contributed by atoms with Crippen molar-refractivity contribution in [2.45, 2.75) is 25.3 Å². The molecule has 1 fully saturated rings. The lowest BCUT2D eigenvalue weighted by molar-refractivity contribution is 0.0836. The van der Waals surface area contributed by atoms with E-state index in [0.29, 0.717) is 6.04 Å². The summed E-state index contributed by atoms with van der Waals surface area (Å²) in [7, 11) is 2.20. The topological polar surface area (TPSA) is 18.5 Å². The molecule has 1 N–H and O–H groups in total. The molecule has 3 nitrogen and oxygen atoms in total. The van der Waals surface area contributed by atoms with Crippen molar-refractivity contribution in [2.24, 2.45) is 0 Å². The van der Waals surface area contributed by atoms with Gasteiger partial charge in [-0.25, -0.2) is 5.01 Å². The molecule has 19 heavy (non-hydrogen) atoms. The number of halogens is 1. The van der Waals surface area contributed by atoms with Crippen molar-refractivity contribution in [2.75, 3.05) is 33.2 Å². The van der Waals surface area contributed by atoms with Gasteiger partial charge in [-0.1, -0.05) is 22.0 Å². The molecule has 1 aromatic carbocycles. The molecule has 0 spiro atoms. The third-order valence-electron chi connectivity index (χ3n) is 4.27. The number of nitrogens with one attached hydrogen (secondary N) is 1. The molecule has 3 rings (SSSR count). The van der Waals surface area contributed by atoms with Crippen molar-refractivity contribution in [1.82, 2.24) is 15.3 Å². The summed E-state index contributed by atoms with van der Waals surface area (Å²) in [6.07, 6.45) is 3.60. The Bertz CT molecular complexity index is 441. The zero-order valence-electron chi connectivity index (χ0n) is 11.5. The van der Waals surface area contributed by atoms with Gasteiger partial charge >= 0.3 is 0 Å². The monoisotopic (exact) mass is 323 g/mol. The number of hydrazine groups is 1. The van der Waals surface area contributed by atoms with E-state index < -0.39 is 0 Å². The molecule has 0 saturated carbocycles. The number of likely N-dealkylation sites (N-methyl/N-ethyl adjacent to an activating group) is 1. The summed E-state index contributed by atoms with van der Waals surface area (Å²) in [5.74, 6) is 0. The van der Waals surface area contributed by atoms with Crippen LogP contribution in [0, 0.1) is 0 Å². The summed E-state index contributed by atoms with van der Waals surface area (Å²) in [4.78, 5) is 2.39. The van der Waals surface area contributed by atoms with Crippen LogP contribution in [-0.4, -0.2) is 49.2 Å². The van der Waals surface area contributed by atoms with E-state index in [1.165, 1.54) is 41.5 Å². The minimum atomic E-state index is 0.608. The quantitative estimate of drug-likeness (QED) is 0.898. The second-order valence-corrected chi connectivity index (χ2v) is 6.69. The Morgan fingerprint density at radius 1 is 1.16 bits per heavy atom. The fraction of sp³-hybridized carbons (Fsp3) is 0.600. The number of benzene rings is 1. The minimum Gasteiger partial charge on any atom is -0.304 e. The van der Waals surface area contributed by atoms with Gasteiger partial charge in [0.25, 0.3) is 0 Å². The first-order valence-electron chi connectivity index (χ1n) is 7.18. The van der Waals surface area contributed by atoms with Gasteiger partial charge in [0.1, 0.15) is 0 Å². The number of fused-ring (bicyclic) bond motifs is 1. The average molecular weight is 324 g/mol. The summed E-state index contributed by atoms with van der Waals surface area (Å²) < 4.78 is 1.21. The van der Waals surface area contributed by atoms with Crippen molar-refractivity contribution in [1.29, 1.82) is 0 Å². The second-order valence-electron chi connectivity index (χ2n) is 5.77. The minimum absolute atomic E-state index is 0.608. The zero-order chi connectivity index (χ0) is 13.2. The Morgan fingerprint density at radius 3 is 2.74 bits per heavy atom. The van der Waals surface area contributed by atoms with Crippen LogP contribution in [0.4, 0.5) is 0 Å². The number of piperazine rings is 1. The lowest BCUT2D eigenvalue weighted by Crippen LogP contribution is -2.54. The molecule has 1 aliphatic heterocycles. The second kappa shape index (κ2) is 5.92. The lowest BCUT2D eigenvalue weighted by atomic mass is 9.89. The fourth-order valence-corrected chi connectivity index (χ4v) is 3.44. The van der Waals surface area contributed by atoms with E-state index in [1.807, 2.05) is 0 Å². The fourth-order valence-electron chi connectivity index (χ4n) is 3.03. The Kier molecular flexibility index (Phi) is 4.22. The standard InChI is InChI=1S/C15H22BrN3/c1-18-6-8-19(9-7-18)17-15-5-3-12-10-14(16)4-2-13(12)11-15/h2,4,10,15,17H,3,5-9,11H2,1H3. The highest BCUT2D eigenvalue weighted by Gasteiger charge is 2.22. The molecular formula is C15H22BrN3. The van der Waals surface area contributed by atoms with Crippen LogP contribution in [0.25, 0.3) is 0 Å². The van der Waals surface area contributed by atoms with E-state index in [9.17, 15) is 0 Å². The van der Waals surface area contributed by atoms with Crippen molar-refractivity contribution in [3.63, 3.8) is 0 Å². The lowest BCUT2D eigenvalue weighted by Gasteiger charge is -2.37. The first-order chi connectivity index (χ1) is 9.20. The van der Waals surface area contributed by atoms with Crippen molar-refractivity contribution < 1.29 is 0 Å². The van der Waals surface area contributed by atoms with Crippen LogP contribution >= 0.6 is 15.9 Å². The Morgan fingerprint density at radius 2 is 1.95 bits per heavy atom. The largest absolute Gasteiger partial charge is 0.304 e. The molecule has 1 saturated heterocycles. The molecule has 0 aromatic heterocycles. The number of hydrogen-bond donors (Lipinski definition) is 1. The van der Waals surface area contributed by atoms with Crippen LogP contribution in [0.5, 0.6) is 0 Å². The predicted molar refractivity (Wildman–Crippen MR) is 82.2 cm³/mol. The summed E-state index contributed by atoms with van der Waals surface area (Å²) in [5.41, 5.74) is 6.76. The molecule has 104 valence electrons. The van der Waals surface area contributed by atoms with E-state index >= 15 is 0 Å². The van der Waals surface area contributed by atoms with Gasteiger partial charge in [-0.15, -0.1) is 0 Å². The molecule has 1 unspecified atom stereocenters. The van der Waals surface area contributed by atoms with E-state index in [-0.39, 0.29) is 0 Å². The highest BCUT2D eigenvalue weighted by Crippen LogP contribution is 2.25. The molecule has 1 atom stereocenters. The summed E-state index contributed by atoms with van der Waals surface area (Å²) in [6, 6.07) is 7.33. The van der Waals surface area contributed by atoms with Crippen molar-refractivity contribution >= 4 is 15.9 Å². The highest BCUT2D eigenvalue weighted by molar-refractivity contribution is 9.10. The maximum atomic E-state index is 3.73. The van der Waals surface area contributed by atoms with Gasteiger partial charge < -0.3 is 4.90 Å². The Balaban J connectivity index is 1.58. The normalized spacial score (nSPS) is 25.3. The summed E-state index contributed by atoms with van der Waals surface area (Å²) >= 11 is 3.56. The third-order valence-corrected chi connectivity index (χ3v) is 4.76. The molecular weight excluding hydrogens is 302 g/mol. The van der Waals surface area contributed by atoms with Crippen LogP contribution in [0.15, 0.2) is 22.7 Å². The molecule has 0 amide bonds. The molecule has 0 bridgehead atoms. The zero-order valence-corrected chi connectivity index (χ0v) is 13.1. The Labute approximate surface area is 124 Å². The maximum Gasteiger partial charge on any atom is 0.0259 e. The maximum absolute atomic E-state index is 3.73. The summed E-state index contributed by atoms with van der Waals surface area (Å²) in [5, 5.41) is 2.41. The van der Waals surface area contributed by atoms with Crippen molar-refractivity contribution in [3.8, 4) is 0 Å². The Hall–Kier alpha value is -0.420. The molecule has 1 aliphatic carbocycles. The van der Waals surface area contributed by atoms with Gasteiger partial charge in [-0.3, -0.25) is 5.43 Å². The molecule has 2 aliphatic rings. The van der Waals surface area contributed by atoms with Gasteiger partial charge in [0.2, 0.25) is 0 Å². The van der Waals surface area contributed by atoms with Gasteiger partial charge in [0.15, 0.2) is 0 Å². The van der Waals surface area contributed by atoms with Gasteiger partial charge in [-0.2, -0.15) is 0 Å². The van der Waals surface area contributed by atoms with Crippen LogP contribution in [-0.2, 0) is 12.8 Å². The van der Waals surface area contributed by atoms with E-state index in [2.05, 4.69) is 56.5 Å². The highest BCUT2D eigenvalue weighted by atomic mass is 79.9. The number of rotatable bonds is 2. The van der Waals surface area contributed by atoms with E-state index in [1.54, 1.807) is 0 Å². The summed E-state index contributed by atoms with van der Waals surface area (Å²) in [6.45, 7) is 4.62. The smallest absolute Gasteiger partial charge is 0.0259 e. The third kappa shape index (κ3) is 3.37. The van der Waals surface area contributed by atoms with E-state index in [4.69, 9.17) is 0 Å². The predicted octanol–water partition coefficient (Wildman–Crippen LogP) is 2.06. The van der Waals surface area contributed by atoms with Crippen LogP contribution in [0.2, 0.25) is 0 Å². The number of nitrogens with zero attached hydrogens (tertiary/aromatic N) is 2. The van der Waals surface area contributed by atoms with Gasteiger partial charge in [0, 0.05) is 36.7 Å². The molecule has 4 heteroatoms. The van der Waals surface area contributed by atoms with Crippen LogP contribution < -0.4 is 5.43 Å². The number of hydrogen-bond acceptors (Lipinski definition) is 3.